The van der Waals surface area contributed by atoms with Crippen LogP contribution in [0.3, 0.4) is 0 Å². The Bertz CT molecular complexity index is 450. The smallest absolute Gasteiger partial charge is 0.252 e. The highest BCUT2D eigenvalue weighted by Crippen LogP contribution is 2.37. The molecule has 1 heterocycles. The van der Waals surface area contributed by atoms with Crippen LogP contribution in [-0.4, -0.2) is 29.5 Å². The van der Waals surface area contributed by atoms with Gasteiger partial charge < -0.3 is 15.6 Å². The standard InChI is InChI=1S/C10H14N4O2/c1-11-9(16)5-12-7-4-8(15)14-10(13-7)6-2-3-6/h4,6H,2-3,5H2,1H3,(H,11,16)(H2,12,13,14,15). The predicted molar refractivity (Wildman–Crippen MR) is 59.4 cm³/mol. The first-order valence-electron chi connectivity index (χ1n) is 5.25. The van der Waals surface area contributed by atoms with Crippen molar-refractivity contribution in [2.45, 2.75) is 18.8 Å². The average Bonchev–Trinajstić information content (AvgIpc) is 3.09. The SMILES string of the molecule is CNC(=O)CNc1cc(=O)[nH]c(C2CC2)n1. The van der Waals surface area contributed by atoms with Gasteiger partial charge in [0, 0.05) is 19.0 Å². The molecule has 0 radical (unpaired) electrons. The molecule has 1 aromatic heterocycles. The molecule has 1 saturated carbocycles. The number of aromatic amines is 1. The van der Waals surface area contributed by atoms with E-state index in [9.17, 15) is 9.59 Å². The van der Waals surface area contributed by atoms with Crippen LogP contribution in [0.15, 0.2) is 10.9 Å². The average molecular weight is 222 g/mol. The van der Waals surface area contributed by atoms with E-state index in [-0.39, 0.29) is 18.0 Å². The van der Waals surface area contributed by atoms with Crippen molar-refractivity contribution in [1.82, 2.24) is 15.3 Å². The lowest BCUT2D eigenvalue weighted by Crippen LogP contribution is -2.27. The van der Waals surface area contributed by atoms with Crippen molar-refractivity contribution in [3.63, 3.8) is 0 Å². The first-order chi connectivity index (χ1) is 7.69. The molecule has 2 rings (SSSR count). The fourth-order valence-electron chi connectivity index (χ4n) is 1.38. The van der Waals surface area contributed by atoms with E-state index in [0.29, 0.717) is 17.6 Å². The number of hydrogen-bond acceptors (Lipinski definition) is 4. The quantitative estimate of drug-likeness (QED) is 0.658. The van der Waals surface area contributed by atoms with Gasteiger partial charge in [-0.05, 0) is 12.8 Å². The summed E-state index contributed by atoms with van der Waals surface area (Å²) in [5.74, 6) is 1.41. The molecule has 0 aromatic carbocycles. The molecule has 0 saturated heterocycles. The molecule has 0 spiro atoms. The first-order valence-corrected chi connectivity index (χ1v) is 5.25. The van der Waals surface area contributed by atoms with Gasteiger partial charge in [0.15, 0.2) is 0 Å². The number of carbonyl (C=O) groups excluding carboxylic acids is 1. The zero-order chi connectivity index (χ0) is 11.5. The maximum atomic E-state index is 11.3. The lowest BCUT2D eigenvalue weighted by molar-refractivity contribution is -0.118. The Balaban J connectivity index is 2.08. The summed E-state index contributed by atoms with van der Waals surface area (Å²) in [6.45, 7) is 0.122. The van der Waals surface area contributed by atoms with Crippen molar-refractivity contribution in [3.8, 4) is 0 Å². The monoisotopic (exact) mass is 222 g/mol. The lowest BCUT2D eigenvalue weighted by Gasteiger charge is -2.05. The Morgan fingerprint density at radius 3 is 3.00 bits per heavy atom. The Morgan fingerprint density at radius 1 is 1.62 bits per heavy atom. The number of rotatable bonds is 4. The fraction of sp³-hybridized carbons (Fsp3) is 0.500. The molecule has 1 amide bonds. The maximum absolute atomic E-state index is 11.3. The van der Waals surface area contributed by atoms with Gasteiger partial charge in [-0.15, -0.1) is 0 Å². The minimum Gasteiger partial charge on any atom is -0.361 e. The molecule has 1 fully saturated rings. The van der Waals surface area contributed by atoms with E-state index < -0.39 is 0 Å². The van der Waals surface area contributed by atoms with Crippen LogP contribution >= 0.6 is 0 Å². The molecule has 6 heteroatoms. The number of amides is 1. The van der Waals surface area contributed by atoms with Crippen LogP contribution in [0, 0.1) is 0 Å². The molecule has 86 valence electrons. The topological polar surface area (TPSA) is 86.9 Å². The van der Waals surface area contributed by atoms with E-state index in [1.807, 2.05) is 0 Å². The summed E-state index contributed by atoms with van der Waals surface area (Å²) in [7, 11) is 1.56. The zero-order valence-electron chi connectivity index (χ0n) is 9.04. The van der Waals surface area contributed by atoms with Crippen LogP contribution < -0.4 is 16.2 Å². The Kier molecular flexibility index (Phi) is 2.89. The minimum atomic E-state index is -0.184. The van der Waals surface area contributed by atoms with Gasteiger partial charge in [0.1, 0.15) is 11.6 Å². The maximum Gasteiger partial charge on any atom is 0.252 e. The highest BCUT2D eigenvalue weighted by Gasteiger charge is 2.26. The molecule has 1 aliphatic rings. The molecule has 0 unspecified atom stereocenters. The van der Waals surface area contributed by atoms with E-state index in [4.69, 9.17) is 0 Å². The summed E-state index contributed by atoms with van der Waals surface area (Å²) < 4.78 is 0. The van der Waals surface area contributed by atoms with Gasteiger partial charge in [0.2, 0.25) is 5.91 Å². The van der Waals surface area contributed by atoms with Crippen molar-refractivity contribution in [2.75, 3.05) is 18.9 Å². The molecule has 0 aliphatic heterocycles. The van der Waals surface area contributed by atoms with Crippen LogP contribution in [0.1, 0.15) is 24.6 Å². The van der Waals surface area contributed by atoms with Gasteiger partial charge in [0.25, 0.3) is 5.56 Å². The lowest BCUT2D eigenvalue weighted by atomic mass is 10.4. The highest BCUT2D eigenvalue weighted by molar-refractivity contribution is 5.79. The van der Waals surface area contributed by atoms with Gasteiger partial charge in [0.05, 0.1) is 6.54 Å². The number of nitrogens with one attached hydrogen (secondary N) is 3. The van der Waals surface area contributed by atoms with Crippen LogP contribution in [-0.2, 0) is 4.79 Å². The van der Waals surface area contributed by atoms with Crippen LogP contribution in [0.25, 0.3) is 0 Å². The molecule has 0 bridgehead atoms. The van der Waals surface area contributed by atoms with Gasteiger partial charge >= 0.3 is 0 Å². The Morgan fingerprint density at radius 2 is 2.38 bits per heavy atom. The van der Waals surface area contributed by atoms with Gasteiger partial charge in [-0.25, -0.2) is 4.98 Å². The third-order valence-corrected chi connectivity index (χ3v) is 2.43. The number of carbonyl (C=O) groups is 1. The number of nitrogens with zero attached hydrogens (tertiary/aromatic N) is 1. The molecule has 16 heavy (non-hydrogen) atoms. The number of hydrogen-bond donors (Lipinski definition) is 3. The fourth-order valence-corrected chi connectivity index (χ4v) is 1.38. The number of likely N-dealkylation sites (N-methyl/N-ethyl adjacent to an activating group) is 1. The zero-order valence-corrected chi connectivity index (χ0v) is 9.04. The molecular formula is C10H14N4O2. The summed E-state index contributed by atoms with van der Waals surface area (Å²) in [4.78, 5) is 29.3. The third-order valence-electron chi connectivity index (χ3n) is 2.43. The summed E-state index contributed by atoms with van der Waals surface area (Å²) in [6, 6.07) is 1.36. The second kappa shape index (κ2) is 4.34. The number of aromatic nitrogens is 2. The van der Waals surface area contributed by atoms with Gasteiger partial charge in [-0.1, -0.05) is 0 Å². The van der Waals surface area contributed by atoms with Crippen molar-refractivity contribution in [3.05, 3.63) is 22.2 Å². The third kappa shape index (κ3) is 2.59. The molecule has 1 aliphatic carbocycles. The molecule has 3 N–H and O–H groups in total. The normalized spacial score (nSPS) is 14.6. The van der Waals surface area contributed by atoms with Gasteiger partial charge in [-0.2, -0.15) is 0 Å². The molecule has 0 atom stereocenters. The number of anilines is 1. The summed E-state index contributed by atoms with van der Waals surface area (Å²) >= 11 is 0. The van der Waals surface area contributed by atoms with E-state index in [0.717, 1.165) is 12.8 Å². The van der Waals surface area contributed by atoms with E-state index in [1.54, 1.807) is 7.05 Å². The first kappa shape index (κ1) is 10.7. The second-order valence-electron chi connectivity index (χ2n) is 3.82. The summed E-state index contributed by atoms with van der Waals surface area (Å²) in [5.41, 5.74) is -0.184. The van der Waals surface area contributed by atoms with Gasteiger partial charge in [-0.3, -0.25) is 9.59 Å². The van der Waals surface area contributed by atoms with E-state index in [2.05, 4.69) is 20.6 Å². The van der Waals surface area contributed by atoms with Crippen LogP contribution in [0.4, 0.5) is 5.82 Å². The second-order valence-corrected chi connectivity index (χ2v) is 3.82. The predicted octanol–water partition coefficient (Wildman–Crippen LogP) is -0.195. The minimum absolute atomic E-state index is 0.122. The van der Waals surface area contributed by atoms with Crippen molar-refractivity contribution in [2.24, 2.45) is 0 Å². The Hall–Kier alpha value is -1.85. The number of H-pyrrole nitrogens is 1. The molecule has 1 aromatic rings. The van der Waals surface area contributed by atoms with Crippen molar-refractivity contribution >= 4 is 11.7 Å². The Labute approximate surface area is 92.5 Å². The van der Waals surface area contributed by atoms with Crippen molar-refractivity contribution in [1.29, 1.82) is 0 Å². The van der Waals surface area contributed by atoms with E-state index >= 15 is 0 Å². The van der Waals surface area contributed by atoms with Crippen LogP contribution in [0.5, 0.6) is 0 Å². The summed E-state index contributed by atoms with van der Waals surface area (Å²) in [5, 5.41) is 5.30. The van der Waals surface area contributed by atoms with E-state index in [1.165, 1.54) is 6.07 Å². The molecule has 6 nitrogen and oxygen atoms in total. The largest absolute Gasteiger partial charge is 0.361 e. The van der Waals surface area contributed by atoms with Crippen molar-refractivity contribution < 1.29 is 4.79 Å². The highest BCUT2D eigenvalue weighted by atomic mass is 16.1. The summed E-state index contributed by atoms with van der Waals surface area (Å²) in [6.07, 6.45) is 2.14. The van der Waals surface area contributed by atoms with Crippen LogP contribution in [0.2, 0.25) is 0 Å². The molecular weight excluding hydrogens is 208 g/mol.